The van der Waals surface area contributed by atoms with Crippen molar-refractivity contribution < 1.29 is 4.79 Å². The van der Waals surface area contributed by atoms with Crippen LogP contribution in [0.5, 0.6) is 0 Å². The normalized spacial score (nSPS) is 15.9. The summed E-state index contributed by atoms with van der Waals surface area (Å²) < 4.78 is 2.45. The van der Waals surface area contributed by atoms with Gasteiger partial charge in [-0.3, -0.25) is 14.2 Å². The number of thioether (sulfide) groups is 1. The van der Waals surface area contributed by atoms with Crippen LogP contribution in [-0.4, -0.2) is 26.8 Å². The van der Waals surface area contributed by atoms with Gasteiger partial charge in [0.2, 0.25) is 5.91 Å². The van der Waals surface area contributed by atoms with Gasteiger partial charge in [-0.25, -0.2) is 4.98 Å². The van der Waals surface area contributed by atoms with Crippen LogP contribution in [0, 0.1) is 17.2 Å². The zero-order chi connectivity index (χ0) is 19.6. The van der Waals surface area contributed by atoms with Crippen LogP contribution in [0.1, 0.15) is 33.1 Å². The SMILES string of the molecule is CCCn1c(SCC(=O)NC(C)(C#N)C2CC2)nc2ccc(Br)cc2c1=O. The Morgan fingerprint density at radius 1 is 1.52 bits per heavy atom. The number of halogens is 1. The average Bonchev–Trinajstić information content (AvgIpc) is 3.49. The van der Waals surface area contributed by atoms with Gasteiger partial charge in [0.05, 0.1) is 22.7 Å². The molecule has 1 heterocycles. The molecule has 0 saturated heterocycles. The van der Waals surface area contributed by atoms with Crippen LogP contribution >= 0.6 is 27.7 Å². The Hall–Kier alpha value is -1.85. The van der Waals surface area contributed by atoms with Gasteiger partial charge in [0.1, 0.15) is 5.54 Å². The van der Waals surface area contributed by atoms with E-state index in [4.69, 9.17) is 0 Å². The molecular formula is C19H21BrN4O2S. The van der Waals surface area contributed by atoms with E-state index in [9.17, 15) is 14.9 Å². The molecule has 1 saturated carbocycles. The van der Waals surface area contributed by atoms with Crippen LogP contribution in [0.25, 0.3) is 10.9 Å². The third-order valence-electron chi connectivity index (χ3n) is 4.69. The first-order valence-electron chi connectivity index (χ1n) is 8.93. The predicted molar refractivity (Wildman–Crippen MR) is 110 cm³/mol. The van der Waals surface area contributed by atoms with Gasteiger partial charge in [-0.05, 0) is 50.3 Å². The predicted octanol–water partition coefficient (Wildman–Crippen LogP) is 3.47. The van der Waals surface area contributed by atoms with E-state index in [0.29, 0.717) is 22.6 Å². The minimum absolute atomic E-state index is 0.106. The molecule has 0 radical (unpaired) electrons. The fourth-order valence-electron chi connectivity index (χ4n) is 3.04. The van der Waals surface area contributed by atoms with Crippen molar-refractivity contribution in [3.05, 3.63) is 33.0 Å². The summed E-state index contributed by atoms with van der Waals surface area (Å²) in [4.78, 5) is 29.8. The maximum absolute atomic E-state index is 12.9. The molecule has 0 aliphatic heterocycles. The molecule has 1 aliphatic rings. The smallest absolute Gasteiger partial charge is 0.262 e. The zero-order valence-corrected chi connectivity index (χ0v) is 17.7. The van der Waals surface area contributed by atoms with Crippen LogP contribution < -0.4 is 10.9 Å². The highest BCUT2D eigenvalue weighted by Crippen LogP contribution is 2.39. The Kier molecular flexibility index (Phi) is 5.92. The number of nitriles is 1. The first-order chi connectivity index (χ1) is 12.9. The van der Waals surface area contributed by atoms with Gasteiger partial charge in [0, 0.05) is 11.0 Å². The number of carbonyl (C=O) groups excluding carboxylic acids is 1. The Labute approximate surface area is 170 Å². The standard InChI is InChI=1S/C19H21BrN4O2S/c1-3-8-24-17(26)14-9-13(20)6-7-15(14)22-18(24)27-10-16(25)23-19(2,11-21)12-4-5-12/h6-7,9,12H,3-5,8,10H2,1-2H3,(H,23,25). The second kappa shape index (κ2) is 8.03. The largest absolute Gasteiger partial charge is 0.337 e. The van der Waals surface area contributed by atoms with Crippen molar-refractivity contribution in [3.8, 4) is 6.07 Å². The number of amides is 1. The molecule has 1 aromatic heterocycles. The second-order valence-corrected chi connectivity index (χ2v) is 8.80. The fourth-order valence-corrected chi connectivity index (χ4v) is 4.23. The lowest BCUT2D eigenvalue weighted by Crippen LogP contribution is -2.47. The van der Waals surface area contributed by atoms with Crippen molar-refractivity contribution in [2.75, 3.05) is 5.75 Å². The lowest BCUT2D eigenvalue weighted by Gasteiger charge is -2.22. The third kappa shape index (κ3) is 4.36. The summed E-state index contributed by atoms with van der Waals surface area (Å²) in [5.74, 6) is 0.124. The summed E-state index contributed by atoms with van der Waals surface area (Å²) >= 11 is 4.62. The van der Waals surface area contributed by atoms with E-state index in [2.05, 4.69) is 32.3 Å². The molecule has 1 N–H and O–H groups in total. The van der Waals surface area contributed by atoms with E-state index in [1.807, 2.05) is 13.0 Å². The lowest BCUT2D eigenvalue weighted by atomic mass is 9.98. The minimum atomic E-state index is -0.816. The van der Waals surface area contributed by atoms with E-state index in [0.717, 1.165) is 23.7 Å². The second-order valence-electron chi connectivity index (χ2n) is 6.94. The van der Waals surface area contributed by atoms with E-state index >= 15 is 0 Å². The summed E-state index contributed by atoms with van der Waals surface area (Å²) in [6.45, 7) is 4.30. The Balaban J connectivity index is 1.82. The Morgan fingerprint density at radius 3 is 2.89 bits per heavy atom. The van der Waals surface area contributed by atoms with Gasteiger partial charge in [-0.15, -0.1) is 0 Å². The molecule has 3 rings (SSSR count). The highest BCUT2D eigenvalue weighted by Gasteiger charge is 2.42. The summed E-state index contributed by atoms with van der Waals surface area (Å²) in [7, 11) is 0. The monoisotopic (exact) mass is 448 g/mol. The van der Waals surface area contributed by atoms with Gasteiger partial charge in [0.15, 0.2) is 5.16 Å². The third-order valence-corrected chi connectivity index (χ3v) is 6.16. The quantitative estimate of drug-likeness (QED) is 0.517. The Morgan fingerprint density at radius 2 is 2.26 bits per heavy atom. The number of benzene rings is 1. The number of hydrogen-bond acceptors (Lipinski definition) is 5. The van der Waals surface area contributed by atoms with Crippen LogP contribution in [-0.2, 0) is 11.3 Å². The van der Waals surface area contributed by atoms with E-state index in [1.165, 1.54) is 11.8 Å². The molecule has 27 heavy (non-hydrogen) atoms. The number of rotatable bonds is 7. The number of nitrogens with zero attached hydrogens (tertiary/aromatic N) is 3. The van der Waals surface area contributed by atoms with Crippen molar-refractivity contribution in [2.45, 2.75) is 50.4 Å². The van der Waals surface area contributed by atoms with Gasteiger partial charge in [-0.2, -0.15) is 5.26 Å². The maximum Gasteiger partial charge on any atom is 0.262 e. The minimum Gasteiger partial charge on any atom is -0.337 e. The first-order valence-corrected chi connectivity index (χ1v) is 10.7. The topological polar surface area (TPSA) is 87.8 Å². The molecule has 1 fully saturated rings. The van der Waals surface area contributed by atoms with Crippen LogP contribution in [0.15, 0.2) is 32.6 Å². The first kappa shape index (κ1) is 19.9. The Bertz CT molecular complexity index is 980. The number of carbonyl (C=O) groups is 1. The summed E-state index contributed by atoms with van der Waals surface area (Å²) in [5, 5.41) is 13.3. The maximum atomic E-state index is 12.9. The highest BCUT2D eigenvalue weighted by atomic mass is 79.9. The van der Waals surface area contributed by atoms with Crippen molar-refractivity contribution in [1.82, 2.24) is 14.9 Å². The van der Waals surface area contributed by atoms with Crippen LogP contribution in [0.2, 0.25) is 0 Å². The molecule has 1 atom stereocenters. The molecule has 8 heteroatoms. The molecule has 0 spiro atoms. The van der Waals surface area contributed by atoms with Crippen molar-refractivity contribution in [1.29, 1.82) is 5.26 Å². The van der Waals surface area contributed by atoms with E-state index in [-0.39, 0.29) is 23.1 Å². The van der Waals surface area contributed by atoms with E-state index in [1.54, 1.807) is 23.6 Å². The number of hydrogen-bond donors (Lipinski definition) is 1. The van der Waals surface area contributed by atoms with Gasteiger partial charge in [0.25, 0.3) is 5.56 Å². The number of aromatic nitrogens is 2. The molecular weight excluding hydrogens is 428 g/mol. The molecule has 0 bridgehead atoms. The van der Waals surface area contributed by atoms with Crippen molar-refractivity contribution in [2.24, 2.45) is 5.92 Å². The van der Waals surface area contributed by atoms with Gasteiger partial charge < -0.3 is 5.32 Å². The molecule has 2 aromatic rings. The van der Waals surface area contributed by atoms with Gasteiger partial charge in [-0.1, -0.05) is 34.6 Å². The molecule has 6 nitrogen and oxygen atoms in total. The number of fused-ring (bicyclic) bond motifs is 1. The summed E-state index contributed by atoms with van der Waals surface area (Å²) in [5.41, 5.74) is -0.312. The van der Waals surface area contributed by atoms with Crippen molar-refractivity contribution in [3.63, 3.8) is 0 Å². The molecule has 142 valence electrons. The molecule has 1 amide bonds. The number of nitrogens with one attached hydrogen (secondary N) is 1. The average molecular weight is 449 g/mol. The van der Waals surface area contributed by atoms with Crippen LogP contribution in [0.4, 0.5) is 0 Å². The highest BCUT2D eigenvalue weighted by molar-refractivity contribution is 9.10. The molecule has 1 aromatic carbocycles. The summed E-state index contributed by atoms with van der Waals surface area (Å²) in [6.07, 6.45) is 2.72. The zero-order valence-electron chi connectivity index (χ0n) is 15.3. The lowest BCUT2D eigenvalue weighted by molar-refractivity contribution is -0.119. The van der Waals surface area contributed by atoms with Crippen molar-refractivity contribution >= 4 is 44.5 Å². The molecule has 1 unspecified atom stereocenters. The van der Waals surface area contributed by atoms with Gasteiger partial charge >= 0.3 is 0 Å². The fraction of sp³-hybridized carbons (Fsp3) is 0.474. The summed E-state index contributed by atoms with van der Waals surface area (Å²) in [6, 6.07) is 7.63. The van der Waals surface area contributed by atoms with Crippen LogP contribution in [0.3, 0.4) is 0 Å². The van der Waals surface area contributed by atoms with E-state index < -0.39 is 5.54 Å². The molecule has 1 aliphatic carbocycles.